The van der Waals surface area contributed by atoms with Gasteiger partial charge in [0.1, 0.15) is 6.33 Å². The molecule has 0 saturated carbocycles. The van der Waals surface area contributed by atoms with Crippen molar-refractivity contribution in [3.63, 3.8) is 0 Å². The second kappa shape index (κ2) is 8.60. The van der Waals surface area contributed by atoms with Crippen molar-refractivity contribution in [1.82, 2.24) is 9.97 Å². The predicted octanol–water partition coefficient (Wildman–Crippen LogP) is 4.56. The molecule has 2 rings (SSSR count). The molecule has 1 heterocycles. The van der Waals surface area contributed by atoms with E-state index in [2.05, 4.69) is 43.0 Å². The molecule has 0 fully saturated rings. The lowest BCUT2D eigenvalue weighted by Gasteiger charge is -2.27. The van der Waals surface area contributed by atoms with E-state index in [-0.39, 0.29) is 11.5 Å². The average Bonchev–Trinajstić information content (AvgIpc) is 2.55. The zero-order valence-corrected chi connectivity index (χ0v) is 16.1. The summed E-state index contributed by atoms with van der Waals surface area (Å²) >= 11 is 0. The number of hydrogen-bond acceptors (Lipinski definition) is 6. The second-order valence-corrected chi connectivity index (χ2v) is 7.28. The van der Waals surface area contributed by atoms with Crippen LogP contribution in [0.15, 0.2) is 30.6 Å². The van der Waals surface area contributed by atoms with Crippen LogP contribution in [0.25, 0.3) is 0 Å². The SMILES string of the molecule is Cc1ccccc1Nc1ncnc(N(CC(C)C)CC(C)C)c1[N+](=O)[O-]. The summed E-state index contributed by atoms with van der Waals surface area (Å²) in [4.78, 5) is 21.8. The molecule has 0 atom stereocenters. The van der Waals surface area contributed by atoms with Crippen LogP contribution in [0.1, 0.15) is 33.3 Å². The minimum absolute atomic E-state index is 0.0861. The van der Waals surface area contributed by atoms with Gasteiger partial charge in [0, 0.05) is 18.8 Å². The van der Waals surface area contributed by atoms with E-state index in [4.69, 9.17) is 0 Å². The number of aromatic nitrogens is 2. The quantitative estimate of drug-likeness (QED) is 0.551. The molecular weight excluding hydrogens is 330 g/mol. The van der Waals surface area contributed by atoms with Gasteiger partial charge >= 0.3 is 5.69 Å². The van der Waals surface area contributed by atoms with Gasteiger partial charge in [0.05, 0.1) is 4.92 Å². The maximum atomic E-state index is 11.9. The van der Waals surface area contributed by atoms with E-state index in [1.165, 1.54) is 6.33 Å². The van der Waals surface area contributed by atoms with E-state index in [0.717, 1.165) is 11.3 Å². The normalized spacial score (nSPS) is 11.0. The molecule has 0 unspecified atom stereocenters. The molecule has 2 aromatic rings. The van der Waals surface area contributed by atoms with E-state index in [1.54, 1.807) is 0 Å². The smallest absolute Gasteiger partial charge is 0.350 e. The molecule has 140 valence electrons. The number of para-hydroxylation sites is 1. The Balaban J connectivity index is 2.49. The summed E-state index contributed by atoms with van der Waals surface area (Å²) in [5.41, 5.74) is 1.69. The summed E-state index contributed by atoms with van der Waals surface area (Å²) in [6.07, 6.45) is 1.39. The summed E-state index contributed by atoms with van der Waals surface area (Å²) in [6.45, 7) is 11.7. The zero-order chi connectivity index (χ0) is 19.3. The Hall–Kier alpha value is -2.70. The fraction of sp³-hybridized carbons (Fsp3) is 0.474. The minimum Gasteiger partial charge on any atom is -0.350 e. The zero-order valence-electron chi connectivity index (χ0n) is 16.1. The third-order valence-electron chi connectivity index (χ3n) is 3.85. The summed E-state index contributed by atoms with van der Waals surface area (Å²) in [7, 11) is 0. The van der Waals surface area contributed by atoms with Gasteiger partial charge in [0.2, 0.25) is 11.6 Å². The highest BCUT2D eigenvalue weighted by Gasteiger charge is 2.28. The number of nitrogens with zero attached hydrogens (tertiary/aromatic N) is 4. The number of anilines is 3. The van der Waals surface area contributed by atoms with Gasteiger partial charge in [-0.3, -0.25) is 10.1 Å². The van der Waals surface area contributed by atoms with Crippen LogP contribution in [0.4, 0.5) is 23.0 Å². The highest BCUT2D eigenvalue weighted by atomic mass is 16.6. The molecule has 7 heteroatoms. The Morgan fingerprint density at radius 2 is 1.73 bits per heavy atom. The lowest BCUT2D eigenvalue weighted by molar-refractivity contribution is -0.383. The Kier molecular flexibility index (Phi) is 6.49. The van der Waals surface area contributed by atoms with Gasteiger partial charge in [-0.25, -0.2) is 9.97 Å². The molecule has 0 spiro atoms. The summed E-state index contributed by atoms with van der Waals surface area (Å²) in [6, 6.07) is 7.63. The van der Waals surface area contributed by atoms with Gasteiger partial charge in [-0.15, -0.1) is 0 Å². The number of nitro groups is 1. The van der Waals surface area contributed by atoms with Crippen LogP contribution < -0.4 is 10.2 Å². The van der Waals surface area contributed by atoms with Gasteiger partial charge in [-0.05, 0) is 30.4 Å². The largest absolute Gasteiger partial charge is 0.353 e. The van der Waals surface area contributed by atoms with Crippen molar-refractivity contribution in [1.29, 1.82) is 0 Å². The first kappa shape index (κ1) is 19.6. The van der Waals surface area contributed by atoms with Crippen LogP contribution in [-0.2, 0) is 0 Å². The fourth-order valence-corrected chi connectivity index (χ4v) is 2.83. The molecule has 7 nitrogen and oxygen atoms in total. The highest BCUT2D eigenvalue weighted by Crippen LogP contribution is 2.34. The van der Waals surface area contributed by atoms with Gasteiger partial charge < -0.3 is 10.2 Å². The Bertz CT molecular complexity index is 751. The fourth-order valence-electron chi connectivity index (χ4n) is 2.83. The van der Waals surface area contributed by atoms with Crippen molar-refractivity contribution in [2.45, 2.75) is 34.6 Å². The maximum Gasteiger partial charge on any atom is 0.353 e. The average molecular weight is 357 g/mol. The van der Waals surface area contributed by atoms with E-state index in [0.29, 0.717) is 30.7 Å². The van der Waals surface area contributed by atoms with Crippen LogP contribution in [0.5, 0.6) is 0 Å². The van der Waals surface area contributed by atoms with Crippen molar-refractivity contribution in [3.8, 4) is 0 Å². The van der Waals surface area contributed by atoms with Gasteiger partial charge in [0.25, 0.3) is 0 Å². The molecular formula is C19H27N5O2. The lowest BCUT2D eigenvalue weighted by atomic mass is 10.1. The third kappa shape index (κ3) is 4.91. The number of benzene rings is 1. The molecule has 0 radical (unpaired) electrons. The molecule has 0 aliphatic heterocycles. The van der Waals surface area contributed by atoms with E-state index in [1.807, 2.05) is 36.1 Å². The van der Waals surface area contributed by atoms with Crippen LogP contribution in [-0.4, -0.2) is 28.0 Å². The number of rotatable bonds is 8. The van der Waals surface area contributed by atoms with Crippen molar-refractivity contribution in [3.05, 3.63) is 46.3 Å². The predicted molar refractivity (Wildman–Crippen MR) is 105 cm³/mol. The topological polar surface area (TPSA) is 84.2 Å². The molecule has 1 N–H and O–H groups in total. The Labute approximate surface area is 154 Å². The molecule has 0 bridgehead atoms. The van der Waals surface area contributed by atoms with Crippen molar-refractivity contribution in [2.24, 2.45) is 11.8 Å². The van der Waals surface area contributed by atoms with Gasteiger partial charge in [0.15, 0.2) is 0 Å². The van der Waals surface area contributed by atoms with E-state index < -0.39 is 4.92 Å². The van der Waals surface area contributed by atoms with E-state index in [9.17, 15) is 10.1 Å². The van der Waals surface area contributed by atoms with Crippen molar-refractivity contribution >= 4 is 23.0 Å². The van der Waals surface area contributed by atoms with Crippen LogP contribution in [0.2, 0.25) is 0 Å². The van der Waals surface area contributed by atoms with Crippen molar-refractivity contribution < 1.29 is 4.92 Å². The molecule has 1 aromatic carbocycles. The molecule has 0 saturated heterocycles. The number of nitrogens with one attached hydrogen (secondary N) is 1. The molecule has 0 aliphatic carbocycles. The lowest BCUT2D eigenvalue weighted by Crippen LogP contribution is -2.32. The third-order valence-corrected chi connectivity index (χ3v) is 3.85. The first-order valence-corrected chi connectivity index (χ1v) is 8.86. The summed E-state index contributed by atoms with van der Waals surface area (Å²) < 4.78 is 0. The van der Waals surface area contributed by atoms with Crippen LogP contribution >= 0.6 is 0 Å². The molecule has 0 amide bonds. The first-order chi connectivity index (χ1) is 12.3. The highest BCUT2D eigenvalue weighted by molar-refractivity contribution is 5.75. The first-order valence-electron chi connectivity index (χ1n) is 8.86. The molecule has 0 aliphatic rings. The van der Waals surface area contributed by atoms with Crippen LogP contribution in [0.3, 0.4) is 0 Å². The van der Waals surface area contributed by atoms with Gasteiger partial charge in [-0.1, -0.05) is 45.9 Å². The van der Waals surface area contributed by atoms with E-state index >= 15 is 0 Å². The minimum atomic E-state index is -0.399. The standard InChI is InChI=1S/C19H27N5O2/c1-13(2)10-23(11-14(3)4)19-17(24(25)26)18(20-12-21-19)22-16-9-7-6-8-15(16)5/h6-9,12-14H,10-11H2,1-5H3,(H,20,21,22). The number of aryl methyl sites for hydroxylation is 1. The molecule has 1 aromatic heterocycles. The Morgan fingerprint density at radius 3 is 2.27 bits per heavy atom. The summed E-state index contributed by atoms with van der Waals surface area (Å²) in [5.74, 6) is 1.29. The maximum absolute atomic E-state index is 11.9. The van der Waals surface area contributed by atoms with Gasteiger partial charge in [-0.2, -0.15) is 0 Å². The monoisotopic (exact) mass is 357 g/mol. The summed E-state index contributed by atoms with van der Waals surface area (Å²) in [5, 5.41) is 15.0. The van der Waals surface area contributed by atoms with Crippen LogP contribution in [0, 0.1) is 28.9 Å². The number of hydrogen-bond donors (Lipinski definition) is 1. The van der Waals surface area contributed by atoms with Crippen molar-refractivity contribution in [2.75, 3.05) is 23.3 Å². The Morgan fingerprint density at radius 1 is 1.12 bits per heavy atom. The second-order valence-electron chi connectivity index (χ2n) is 7.28. The molecule has 26 heavy (non-hydrogen) atoms.